The number of nitrogens with zero attached hydrogens (tertiary/aromatic N) is 1. The lowest BCUT2D eigenvalue weighted by molar-refractivity contribution is 0.0954. The van der Waals surface area contributed by atoms with Crippen molar-refractivity contribution < 1.29 is 9.18 Å². The molecule has 1 N–H and O–H groups in total. The molecule has 0 unspecified atom stereocenters. The normalized spacial score (nSPS) is 11.5. The van der Waals surface area contributed by atoms with Gasteiger partial charge in [-0.05, 0) is 47.5 Å². The molecule has 0 saturated carbocycles. The summed E-state index contributed by atoms with van der Waals surface area (Å²) in [6.07, 6.45) is 0. The fourth-order valence-electron chi connectivity index (χ4n) is 2.31. The average molecular weight is 306 g/mol. The maximum absolute atomic E-state index is 13.1. The van der Waals surface area contributed by atoms with Crippen molar-refractivity contribution in [3.63, 3.8) is 0 Å². The Morgan fingerprint density at radius 3 is 2.48 bits per heavy atom. The van der Waals surface area contributed by atoms with Crippen LogP contribution in [0.3, 0.4) is 0 Å². The quantitative estimate of drug-likeness (QED) is 0.573. The largest absolute Gasteiger partial charge is 0.271 e. The van der Waals surface area contributed by atoms with Crippen LogP contribution in [-0.4, -0.2) is 11.6 Å². The Bertz CT molecular complexity index is 903. The molecule has 3 aromatic rings. The number of fused-ring (bicyclic) bond motifs is 1. The minimum atomic E-state index is -0.451. The number of carbonyl (C=O) groups excluding carboxylic acids is 1. The SMILES string of the molecule is C/C(=N\NC(=O)c1cccc(F)c1)c1ccc2ccccc2c1. The van der Waals surface area contributed by atoms with Gasteiger partial charge in [0.25, 0.3) is 5.91 Å². The lowest BCUT2D eigenvalue weighted by Crippen LogP contribution is -2.19. The van der Waals surface area contributed by atoms with E-state index < -0.39 is 11.7 Å². The number of rotatable bonds is 3. The molecule has 0 aliphatic carbocycles. The highest BCUT2D eigenvalue weighted by Crippen LogP contribution is 2.16. The number of nitrogens with one attached hydrogen (secondary N) is 1. The molecule has 0 spiro atoms. The first-order chi connectivity index (χ1) is 11.1. The summed E-state index contributed by atoms with van der Waals surface area (Å²) < 4.78 is 13.1. The van der Waals surface area contributed by atoms with Crippen molar-refractivity contribution >= 4 is 22.4 Å². The third-order valence-corrected chi connectivity index (χ3v) is 3.58. The topological polar surface area (TPSA) is 41.5 Å². The van der Waals surface area contributed by atoms with Gasteiger partial charge in [0.2, 0.25) is 0 Å². The van der Waals surface area contributed by atoms with Gasteiger partial charge in [0.05, 0.1) is 5.71 Å². The molecule has 114 valence electrons. The van der Waals surface area contributed by atoms with Crippen LogP contribution in [0.4, 0.5) is 4.39 Å². The Morgan fingerprint density at radius 1 is 0.913 bits per heavy atom. The maximum Gasteiger partial charge on any atom is 0.271 e. The zero-order chi connectivity index (χ0) is 16.2. The molecular formula is C19H15FN2O. The van der Waals surface area contributed by atoms with Crippen LogP contribution >= 0.6 is 0 Å². The molecular weight excluding hydrogens is 291 g/mol. The van der Waals surface area contributed by atoms with Crippen molar-refractivity contribution in [3.05, 3.63) is 83.7 Å². The first-order valence-corrected chi connectivity index (χ1v) is 7.23. The Hall–Kier alpha value is -3.01. The van der Waals surface area contributed by atoms with E-state index in [1.165, 1.54) is 18.2 Å². The van der Waals surface area contributed by atoms with E-state index in [-0.39, 0.29) is 5.56 Å². The second kappa shape index (κ2) is 6.40. The van der Waals surface area contributed by atoms with Gasteiger partial charge in [-0.3, -0.25) is 4.79 Å². The predicted molar refractivity (Wildman–Crippen MR) is 90.0 cm³/mol. The van der Waals surface area contributed by atoms with Gasteiger partial charge >= 0.3 is 0 Å². The van der Waals surface area contributed by atoms with E-state index in [4.69, 9.17) is 0 Å². The van der Waals surface area contributed by atoms with Crippen LogP contribution in [-0.2, 0) is 0 Å². The summed E-state index contributed by atoms with van der Waals surface area (Å²) in [6, 6.07) is 19.5. The standard InChI is InChI=1S/C19H15FN2O/c1-13(15-10-9-14-5-2-3-6-16(14)11-15)21-22-19(23)17-7-4-8-18(20)12-17/h2-12H,1H3,(H,22,23)/b21-13+. The van der Waals surface area contributed by atoms with Gasteiger partial charge in [0.1, 0.15) is 5.82 Å². The van der Waals surface area contributed by atoms with E-state index in [0.717, 1.165) is 16.3 Å². The third-order valence-electron chi connectivity index (χ3n) is 3.58. The molecule has 0 fully saturated rings. The summed E-state index contributed by atoms with van der Waals surface area (Å²) >= 11 is 0. The van der Waals surface area contributed by atoms with Crippen molar-refractivity contribution in [1.82, 2.24) is 5.43 Å². The molecule has 3 aromatic carbocycles. The number of halogens is 1. The van der Waals surface area contributed by atoms with Crippen LogP contribution in [0.15, 0.2) is 71.8 Å². The fraction of sp³-hybridized carbons (Fsp3) is 0.0526. The molecule has 1 amide bonds. The molecule has 23 heavy (non-hydrogen) atoms. The van der Waals surface area contributed by atoms with Crippen LogP contribution in [0.2, 0.25) is 0 Å². The van der Waals surface area contributed by atoms with Gasteiger partial charge in [-0.1, -0.05) is 42.5 Å². The van der Waals surface area contributed by atoms with Gasteiger partial charge in [-0.25, -0.2) is 9.82 Å². The van der Waals surface area contributed by atoms with E-state index in [1.54, 1.807) is 6.07 Å². The van der Waals surface area contributed by atoms with Crippen molar-refractivity contribution in [3.8, 4) is 0 Å². The fourth-order valence-corrected chi connectivity index (χ4v) is 2.31. The number of benzene rings is 3. The molecule has 0 radical (unpaired) electrons. The second-order valence-electron chi connectivity index (χ2n) is 5.21. The molecule has 0 saturated heterocycles. The van der Waals surface area contributed by atoms with Gasteiger partial charge < -0.3 is 0 Å². The van der Waals surface area contributed by atoms with Crippen LogP contribution in [0.5, 0.6) is 0 Å². The Balaban J connectivity index is 1.79. The Labute approximate surface area is 133 Å². The van der Waals surface area contributed by atoms with E-state index in [1.807, 2.05) is 49.4 Å². The van der Waals surface area contributed by atoms with Gasteiger partial charge in [0, 0.05) is 5.56 Å². The highest BCUT2D eigenvalue weighted by Gasteiger charge is 2.06. The first-order valence-electron chi connectivity index (χ1n) is 7.23. The highest BCUT2D eigenvalue weighted by atomic mass is 19.1. The number of hydrogen-bond acceptors (Lipinski definition) is 2. The molecule has 0 aliphatic rings. The van der Waals surface area contributed by atoms with Crippen molar-refractivity contribution in [2.75, 3.05) is 0 Å². The van der Waals surface area contributed by atoms with E-state index in [0.29, 0.717) is 5.71 Å². The van der Waals surface area contributed by atoms with Crippen molar-refractivity contribution in [2.45, 2.75) is 6.92 Å². The summed E-state index contributed by atoms with van der Waals surface area (Å²) in [4.78, 5) is 12.0. The molecule has 0 atom stereocenters. The van der Waals surface area contributed by atoms with Crippen molar-refractivity contribution in [2.24, 2.45) is 5.10 Å². The average Bonchev–Trinajstić information content (AvgIpc) is 2.59. The van der Waals surface area contributed by atoms with Gasteiger partial charge in [-0.2, -0.15) is 5.10 Å². The Kier molecular flexibility index (Phi) is 4.15. The van der Waals surface area contributed by atoms with E-state index in [9.17, 15) is 9.18 Å². The first kappa shape index (κ1) is 14.9. The minimum absolute atomic E-state index is 0.236. The van der Waals surface area contributed by atoms with Crippen LogP contribution in [0.1, 0.15) is 22.8 Å². The smallest absolute Gasteiger partial charge is 0.267 e. The lowest BCUT2D eigenvalue weighted by atomic mass is 10.0. The van der Waals surface area contributed by atoms with Crippen molar-refractivity contribution in [1.29, 1.82) is 0 Å². The van der Waals surface area contributed by atoms with Gasteiger partial charge in [0.15, 0.2) is 0 Å². The molecule has 0 bridgehead atoms. The monoisotopic (exact) mass is 306 g/mol. The van der Waals surface area contributed by atoms with E-state index >= 15 is 0 Å². The summed E-state index contributed by atoms with van der Waals surface area (Å²) in [6.45, 7) is 1.82. The Morgan fingerprint density at radius 2 is 1.70 bits per heavy atom. The molecule has 0 aromatic heterocycles. The van der Waals surface area contributed by atoms with E-state index in [2.05, 4.69) is 10.5 Å². The molecule has 3 nitrogen and oxygen atoms in total. The molecule has 0 aliphatic heterocycles. The number of amides is 1. The molecule has 0 heterocycles. The van der Waals surface area contributed by atoms with Crippen LogP contribution in [0.25, 0.3) is 10.8 Å². The summed E-state index contributed by atoms with van der Waals surface area (Å²) in [5.41, 5.74) is 4.29. The second-order valence-corrected chi connectivity index (χ2v) is 5.21. The third kappa shape index (κ3) is 3.43. The summed E-state index contributed by atoms with van der Waals surface area (Å²) in [5, 5.41) is 6.36. The lowest BCUT2D eigenvalue weighted by Gasteiger charge is -2.05. The highest BCUT2D eigenvalue weighted by molar-refractivity contribution is 6.03. The number of hydrogen-bond donors (Lipinski definition) is 1. The van der Waals surface area contributed by atoms with Crippen LogP contribution < -0.4 is 5.43 Å². The predicted octanol–water partition coefficient (Wildman–Crippen LogP) is 4.13. The van der Waals surface area contributed by atoms with Gasteiger partial charge in [-0.15, -0.1) is 0 Å². The molecule has 3 rings (SSSR count). The summed E-state index contributed by atoms with van der Waals surface area (Å²) in [5.74, 6) is -0.891. The number of carbonyl (C=O) groups is 1. The summed E-state index contributed by atoms with van der Waals surface area (Å²) in [7, 11) is 0. The number of hydrazone groups is 1. The minimum Gasteiger partial charge on any atom is -0.267 e. The maximum atomic E-state index is 13.1. The zero-order valence-electron chi connectivity index (χ0n) is 12.6. The molecule has 4 heteroatoms. The van der Waals surface area contributed by atoms with Crippen LogP contribution in [0, 0.1) is 5.82 Å². The zero-order valence-corrected chi connectivity index (χ0v) is 12.6.